The average Bonchev–Trinajstić information content (AvgIpc) is 3.00. The highest BCUT2D eigenvalue weighted by molar-refractivity contribution is 5.28. The third kappa shape index (κ3) is 2.20. The first-order valence-corrected chi connectivity index (χ1v) is 6.76. The Labute approximate surface area is 107 Å². The molecule has 0 bridgehead atoms. The van der Waals surface area contributed by atoms with Crippen LogP contribution in [0.5, 0.6) is 0 Å². The number of nitrogens with zero attached hydrogens (tertiary/aromatic N) is 2. The van der Waals surface area contributed by atoms with Crippen LogP contribution < -0.4 is 5.73 Å². The number of hydrogen-bond acceptors (Lipinski definition) is 2. The topological polar surface area (TPSA) is 59.6 Å². The zero-order chi connectivity index (χ0) is 12.4. The minimum absolute atomic E-state index is 0.250. The third-order valence-electron chi connectivity index (χ3n) is 3.81. The van der Waals surface area contributed by atoms with Crippen molar-refractivity contribution in [3.8, 4) is 0 Å². The summed E-state index contributed by atoms with van der Waals surface area (Å²) in [6, 6.07) is 2.45. The quantitative estimate of drug-likeness (QED) is 0.866. The molecule has 18 heavy (non-hydrogen) atoms. The van der Waals surface area contributed by atoms with Crippen molar-refractivity contribution in [3.63, 3.8) is 0 Å². The van der Waals surface area contributed by atoms with E-state index >= 15 is 0 Å². The van der Waals surface area contributed by atoms with Gasteiger partial charge in [0.2, 0.25) is 0 Å². The minimum Gasteiger partial charge on any atom is -0.351 e. The van der Waals surface area contributed by atoms with Crippen molar-refractivity contribution in [2.45, 2.75) is 44.7 Å². The molecule has 0 aromatic carbocycles. The number of nitrogens with one attached hydrogen (secondary N) is 1. The Morgan fingerprint density at radius 2 is 2.44 bits per heavy atom. The van der Waals surface area contributed by atoms with Crippen molar-refractivity contribution in [2.75, 3.05) is 0 Å². The van der Waals surface area contributed by atoms with Gasteiger partial charge in [-0.2, -0.15) is 0 Å². The summed E-state index contributed by atoms with van der Waals surface area (Å²) in [6.07, 6.45) is 11.5. The van der Waals surface area contributed by atoms with E-state index in [1.165, 1.54) is 24.1 Å². The Kier molecular flexibility index (Phi) is 3.19. The van der Waals surface area contributed by atoms with Crippen molar-refractivity contribution in [1.82, 2.24) is 14.5 Å². The Bertz CT molecular complexity index is 498. The fraction of sp³-hybridized carbons (Fsp3) is 0.500. The fourth-order valence-electron chi connectivity index (χ4n) is 2.85. The molecular formula is C14H20N4. The first-order chi connectivity index (χ1) is 8.84. The van der Waals surface area contributed by atoms with Crippen LogP contribution >= 0.6 is 0 Å². The molecule has 0 saturated heterocycles. The molecule has 0 radical (unpaired) electrons. The minimum atomic E-state index is 0.250. The summed E-state index contributed by atoms with van der Waals surface area (Å²) in [5, 5.41) is 0. The van der Waals surface area contributed by atoms with E-state index in [-0.39, 0.29) is 6.04 Å². The number of fused-ring (bicyclic) bond motifs is 1. The summed E-state index contributed by atoms with van der Waals surface area (Å²) in [5.41, 5.74) is 8.95. The maximum Gasteiger partial charge on any atom is 0.106 e. The monoisotopic (exact) mass is 244 g/mol. The van der Waals surface area contributed by atoms with Gasteiger partial charge in [-0.3, -0.25) is 0 Å². The molecule has 2 aromatic rings. The van der Waals surface area contributed by atoms with Crippen molar-refractivity contribution in [1.29, 1.82) is 0 Å². The van der Waals surface area contributed by atoms with E-state index in [2.05, 4.69) is 26.8 Å². The van der Waals surface area contributed by atoms with E-state index in [0.717, 1.165) is 31.6 Å². The molecule has 0 fully saturated rings. The zero-order valence-electron chi connectivity index (χ0n) is 10.6. The highest BCUT2D eigenvalue weighted by Crippen LogP contribution is 2.28. The molecule has 2 aromatic heterocycles. The van der Waals surface area contributed by atoms with E-state index in [1.54, 1.807) is 0 Å². The van der Waals surface area contributed by atoms with E-state index in [9.17, 15) is 0 Å². The molecule has 4 nitrogen and oxygen atoms in total. The van der Waals surface area contributed by atoms with Gasteiger partial charge in [-0.05, 0) is 37.3 Å². The van der Waals surface area contributed by atoms with Crippen molar-refractivity contribution >= 4 is 0 Å². The van der Waals surface area contributed by atoms with Gasteiger partial charge in [0, 0.05) is 43.3 Å². The van der Waals surface area contributed by atoms with Crippen LogP contribution in [0.25, 0.3) is 0 Å². The lowest BCUT2D eigenvalue weighted by molar-refractivity contribution is 0.530. The van der Waals surface area contributed by atoms with Gasteiger partial charge >= 0.3 is 0 Å². The van der Waals surface area contributed by atoms with Gasteiger partial charge in [0.1, 0.15) is 5.82 Å². The van der Waals surface area contributed by atoms with Gasteiger partial charge in [-0.25, -0.2) is 4.98 Å². The predicted molar refractivity (Wildman–Crippen MR) is 71.2 cm³/mol. The van der Waals surface area contributed by atoms with Crippen LogP contribution in [0.3, 0.4) is 0 Å². The summed E-state index contributed by atoms with van der Waals surface area (Å²) in [5.74, 6) is 1.08. The fourth-order valence-corrected chi connectivity index (χ4v) is 2.85. The Morgan fingerprint density at radius 1 is 1.50 bits per heavy atom. The van der Waals surface area contributed by atoms with Gasteiger partial charge < -0.3 is 15.3 Å². The third-order valence-corrected chi connectivity index (χ3v) is 3.81. The molecule has 0 aliphatic heterocycles. The van der Waals surface area contributed by atoms with E-state index < -0.39 is 0 Å². The van der Waals surface area contributed by atoms with Crippen molar-refractivity contribution < 1.29 is 0 Å². The largest absolute Gasteiger partial charge is 0.351 e. The molecule has 1 aliphatic rings. The van der Waals surface area contributed by atoms with Crippen LogP contribution in [0.15, 0.2) is 24.7 Å². The first kappa shape index (κ1) is 11.5. The number of aromatic nitrogens is 3. The molecule has 0 saturated carbocycles. The van der Waals surface area contributed by atoms with Crippen LogP contribution in [0.1, 0.15) is 42.4 Å². The summed E-state index contributed by atoms with van der Waals surface area (Å²) in [4.78, 5) is 7.40. The van der Waals surface area contributed by atoms with Crippen molar-refractivity contribution in [3.05, 3.63) is 41.7 Å². The molecule has 2 heterocycles. The molecule has 4 heteroatoms. The standard InChI is InChI=1S/C14H20N4/c15-12-3-1-4-13-11(12)6-10-18(13)9-2-5-14-16-7-8-17-14/h6-8,10,12H,1-5,9,15H2,(H,16,17). The highest BCUT2D eigenvalue weighted by atomic mass is 15.0. The molecule has 3 rings (SSSR count). The van der Waals surface area contributed by atoms with Gasteiger partial charge in [0.25, 0.3) is 0 Å². The van der Waals surface area contributed by atoms with Crippen LogP contribution in [-0.4, -0.2) is 14.5 Å². The molecular weight excluding hydrogens is 224 g/mol. The SMILES string of the molecule is NC1CCCc2c1ccn2CCCc1ncc[nH]1. The van der Waals surface area contributed by atoms with Crippen LogP contribution in [-0.2, 0) is 19.4 Å². The van der Waals surface area contributed by atoms with Gasteiger partial charge in [0.05, 0.1) is 0 Å². The summed E-state index contributed by atoms with van der Waals surface area (Å²) in [6.45, 7) is 1.06. The number of aryl methyl sites for hydroxylation is 2. The number of hydrogen-bond donors (Lipinski definition) is 2. The lowest BCUT2D eigenvalue weighted by Gasteiger charge is -2.20. The van der Waals surface area contributed by atoms with Crippen LogP contribution in [0.4, 0.5) is 0 Å². The zero-order valence-corrected chi connectivity index (χ0v) is 10.6. The van der Waals surface area contributed by atoms with Gasteiger partial charge in [-0.15, -0.1) is 0 Å². The average molecular weight is 244 g/mol. The van der Waals surface area contributed by atoms with E-state index in [0.29, 0.717) is 0 Å². The number of imidazole rings is 1. The lowest BCUT2D eigenvalue weighted by atomic mass is 9.93. The second kappa shape index (κ2) is 4.98. The lowest BCUT2D eigenvalue weighted by Crippen LogP contribution is -2.18. The predicted octanol–water partition coefficient (Wildman–Crippen LogP) is 2.18. The smallest absolute Gasteiger partial charge is 0.106 e. The Hall–Kier alpha value is -1.55. The second-order valence-electron chi connectivity index (χ2n) is 5.05. The highest BCUT2D eigenvalue weighted by Gasteiger charge is 2.19. The second-order valence-corrected chi connectivity index (χ2v) is 5.05. The number of nitrogens with two attached hydrogens (primary N) is 1. The van der Waals surface area contributed by atoms with Gasteiger partial charge in [-0.1, -0.05) is 0 Å². The maximum atomic E-state index is 6.14. The Morgan fingerprint density at radius 3 is 3.28 bits per heavy atom. The molecule has 1 unspecified atom stereocenters. The normalized spacial score (nSPS) is 18.8. The van der Waals surface area contributed by atoms with Gasteiger partial charge in [0.15, 0.2) is 0 Å². The number of aromatic amines is 1. The van der Waals surface area contributed by atoms with E-state index in [1.807, 2.05) is 12.4 Å². The van der Waals surface area contributed by atoms with Crippen LogP contribution in [0, 0.1) is 0 Å². The molecule has 3 N–H and O–H groups in total. The number of rotatable bonds is 4. The molecule has 1 aliphatic carbocycles. The maximum absolute atomic E-state index is 6.14. The van der Waals surface area contributed by atoms with Crippen molar-refractivity contribution in [2.24, 2.45) is 5.73 Å². The molecule has 0 spiro atoms. The molecule has 96 valence electrons. The summed E-state index contributed by atoms with van der Waals surface area (Å²) >= 11 is 0. The summed E-state index contributed by atoms with van der Waals surface area (Å²) < 4.78 is 2.37. The van der Waals surface area contributed by atoms with Crippen LogP contribution in [0.2, 0.25) is 0 Å². The molecule has 0 amide bonds. The Balaban J connectivity index is 1.63. The number of H-pyrrole nitrogens is 1. The van der Waals surface area contributed by atoms with E-state index in [4.69, 9.17) is 5.73 Å². The molecule has 1 atom stereocenters. The summed E-state index contributed by atoms with van der Waals surface area (Å²) in [7, 11) is 0. The first-order valence-electron chi connectivity index (χ1n) is 6.76.